The van der Waals surface area contributed by atoms with Crippen molar-refractivity contribution in [2.45, 2.75) is 25.4 Å². The smallest absolute Gasteiger partial charge is 0.255 e. The molecule has 0 bridgehead atoms. The third kappa shape index (κ3) is 6.45. The van der Waals surface area contributed by atoms with Crippen LogP contribution in [0.4, 0.5) is 0 Å². The third-order valence-electron chi connectivity index (χ3n) is 5.08. The number of aromatic hydroxyl groups is 1. The average Bonchev–Trinajstić information content (AvgIpc) is 2.74. The summed E-state index contributed by atoms with van der Waals surface area (Å²) in [6.45, 7) is 3.48. The van der Waals surface area contributed by atoms with Crippen LogP contribution in [0.3, 0.4) is 0 Å². The molecular weight excluding hydrogens is 436 g/mol. The van der Waals surface area contributed by atoms with Crippen molar-refractivity contribution in [1.82, 2.24) is 10.2 Å². The van der Waals surface area contributed by atoms with Gasteiger partial charge in [0.05, 0.1) is 5.56 Å². The second-order valence-electron chi connectivity index (χ2n) is 7.16. The van der Waals surface area contributed by atoms with Crippen LogP contribution in [-0.4, -0.2) is 55.4 Å². The van der Waals surface area contributed by atoms with Gasteiger partial charge in [-0.25, -0.2) is 0 Å². The lowest BCUT2D eigenvalue weighted by Crippen LogP contribution is -2.38. The zero-order chi connectivity index (χ0) is 20.6. The van der Waals surface area contributed by atoms with Crippen molar-refractivity contribution >= 4 is 21.8 Å². The molecule has 2 aromatic rings. The number of ether oxygens (including phenoxy) is 2. The molecule has 0 unspecified atom stereocenters. The molecule has 0 atom stereocenters. The van der Waals surface area contributed by atoms with E-state index in [1.165, 1.54) is 6.07 Å². The van der Waals surface area contributed by atoms with Gasteiger partial charge in [-0.1, -0.05) is 28.1 Å². The first-order valence-electron chi connectivity index (χ1n) is 9.79. The highest BCUT2D eigenvalue weighted by atomic mass is 79.9. The van der Waals surface area contributed by atoms with Gasteiger partial charge in [0.2, 0.25) is 0 Å². The van der Waals surface area contributed by atoms with Gasteiger partial charge < -0.3 is 19.9 Å². The molecule has 0 radical (unpaired) electrons. The number of carbonyl (C=O) groups excluding carboxylic acids is 1. The zero-order valence-corrected chi connectivity index (χ0v) is 18.2. The topological polar surface area (TPSA) is 71.0 Å². The summed E-state index contributed by atoms with van der Waals surface area (Å²) in [5.41, 5.74) is 1.17. The van der Waals surface area contributed by atoms with Crippen molar-refractivity contribution in [2.75, 3.05) is 33.4 Å². The number of amides is 1. The summed E-state index contributed by atoms with van der Waals surface area (Å²) in [6, 6.07) is 13.0. The second-order valence-corrected chi connectivity index (χ2v) is 8.08. The molecule has 2 N–H and O–H groups in total. The summed E-state index contributed by atoms with van der Waals surface area (Å²) in [4.78, 5) is 14.7. The fourth-order valence-electron chi connectivity index (χ4n) is 3.33. The lowest BCUT2D eigenvalue weighted by molar-refractivity contribution is 0.0392. The number of phenolic OH excluding ortho intramolecular Hbond substituents is 1. The fourth-order valence-corrected chi connectivity index (χ4v) is 3.69. The molecule has 7 heteroatoms. The fraction of sp³-hybridized carbons (Fsp3) is 0.409. The van der Waals surface area contributed by atoms with Crippen LogP contribution in [-0.2, 0) is 11.3 Å². The Balaban J connectivity index is 1.47. The number of hydrogen-bond donors (Lipinski definition) is 2. The van der Waals surface area contributed by atoms with Crippen LogP contribution in [0, 0.1) is 0 Å². The highest BCUT2D eigenvalue weighted by Crippen LogP contribution is 2.22. The van der Waals surface area contributed by atoms with Gasteiger partial charge in [-0.3, -0.25) is 9.69 Å². The number of benzene rings is 2. The van der Waals surface area contributed by atoms with E-state index in [1.807, 2.05) is 24.3 Å². The molecule has 3 rings (SSSR count). The maximum absolute atomic E-state index is 12.3. The van der Waals surface area contributed by atoms with Crippen molar-refractivity contribution in [2.24, 2.45) is 0 Å². The number of nitrogens with one attached hydrogen (secondary N) is 1. The highest BCUT2D eigenvalue weighted by Gasteiger charge is 2.18. The number of rotatable bonds is 8. The summed E-state index contributed by atoms with van der Waals surface area (Å²) < 4.78 is 12.1. The molecule has 1 aliphatic rings. The summed E-state index contributed by atoms with van der Waals surface area (Å²) in [7, 11) is 2.13. The Hall–Kier alpha value is -2.09. The molecule has 1 fully saturated rings. The quantitative estimate of drug-likeness (QED) is 0.627. The molecule has 1 amide bonds. The van der Waals surface area contributed by atoms with Gasteiger partial charge >= 0.3 is 0 Å². The Morgan fingerprint density at radius 2 is 2.07 bits per heavy atom. The molecule has 0 aromatic heterocycles. The molecular formula is C22H27BrN2O4. The van der Waals surface area contributed by atoms with Gasteiger partial charge in [-0.15, -0.1) is 0 Å². The Morgan fingerprint density at radius 3 is 2.86 bits per heavy atom. The van der Waals surface area contributed by atoms with Crippen LogP contribution in [0.5, 0.6) is 11.5 Å². The molecule has 0 saturated carbocycles. The van der Waals surface area contributed by atoms with Crippen molar-refractivity contribution in [1.29, 1.82) is 0 Å². The Morgan fingerprint density at radius 1 is 1.28 bits per heavy atom. The number of halogens is 1. The van der Waals surface area contributed by atoms with Gasteiger partial charge in [0.15, 0.2) is 0 Å². The number of carbonyl (C=O) groups is 1. The first-order chi connectivity index (χ1) is 14.0. The first kappa shape index (κ1) is 21.6. The van der Waals surface area contributed by atoms with E-state index in [9.17, 15) is 9.90 Å². The Bertz CT molecular complexity index is 824. The molecule has 2 aromatic carbocycles. The molecule has 6 nitrogen and oxygen atoms in total. The van der Waals surface area contributed by atoms with Crippen LogP contribution < -0.4 is 10.1 Å². The van der Waals surface area contributed by atoms with Crippen molar-refractivity contribution in [3.63, 3.8) is 0 Å². The van der Waals surface area contributed by atoms with E-state index >= 15 is 0 Å². The Kier molecular flexibility index (Phi) is 7.91. The lowest BCUT2D eigenvalue weighted by atomic mass is 10.1. The SMILES string of the molecule is CN(CCOc1cccc(CNC(=O)c2cc(Br)ccc2O)c1)C1CCOCC1. The van der Waals surface area contributed by atoms with Gasteiger partial charge in [-0.2, -0.15) is 0 Å². The highest BCUT2D eigenvalue weighted by molar-refractivity contribution is 9.10. The van der Waals surface area contributed by atoms with Crippen molar-refractivity contribution in [3.8, 4) is 11.5 Å². The van der Waals surface area contributed by atoms with Crippen LogP contribution in [0.2, 0.25) is 0 Å². The van der Waals surface area contributed by atoms with Crippen LogP contribution in [0.1, 0.15) is 28.8 Å². The number of phenols is 1. The maximum atomic E-state index is 12.3. The van der Waals surface area contributed by atoms with Crippen molar-refractivity contribution < 1.29 is 19.4 Å². The molecule has 29 heavy (non-hydrogen) atoms. The third-order valence-corrected chi connectivity index (χ3v) is 5.57. The lowest BCUT2D eigenvalue weighted by Gasteiger charge is -2.31. The molecule has 156 valence electrons. The normalized spacial score (nSPS) is 14.7. The van der Waals surface area contributed by atoms with E-state index in [2.05, 4.69) is 33.2 Å². The minimum atomic E-state index is -0.326. The first-order valence-corrected chi connectivity index (χ1v) is 10.6. The summed E-state index contributed by atoms with van der Waals surface area (Å²) >= 11 is 3.31. The van der Waals surface area contributed by atoms with E-state index < -0.39 is 0 Å². The van der Waals surface area contributed by atoms with Crippen LogP contribution in [0.25, 0.3) is 0 Å². The molecule has 1 saturated heterocycles. The largest absolute Gasteiger partial charge is 0.507 e. The average molecular weight is 463 g/mol. The second kappa shape index (κ2) is 10.6. The summed E-state index contributed by atoms with van der Waals surface area (Å²) in [6.07, 6.45) is 2.14. The standard InChI is InChI=1S/C22H27BrN2O4/c1-25(18-7-10-28-11-8-18)9-12-29-19-4-2-3-16(13-19)15-24-22(27)20-14-17(23)5-6-21(20)26/h2-6,13-14,18,26H,7-12,15H2,1H3,(H,24,27). The molecule has 1 heterocycles. The van der Waals surface area contributed by atoms with E-state index in [-0.39, 0.29) is 17.2 Å². The van der Waals surface area contributed by atoms with Crippen LogP contribution in [0.15, 0.2) is 46.9 Å². The summed E-state index contributed by atoms with van der Waals surface area (Å²) in [5, 5.41) is 12.7. The number of likely N-dealkylation sites (N-methyl/N-ethyl adjacent to an activating group) is 1. The summed E-state index contributed by atoms with van der Waals surface area (Å²) in [5.74, 6) is 0.409. The van der Waals surface area contributed by atoms with Crippen LogP contribution >= 0.6 is 15.9 Å². The van der Waals surface area contributed by atoms with E-state index in [0.29, 0.717) is 19.2 Å². The van der Waals surface area contributed by atoms with Crippen molar-refractivity contribution in [3.05, 3.63) is 58.1 Å². The predicted octanol–water partition coefficient (Wildman–Crippen LogP) is 3.57. The minimum Gasteiger partial charge on any atom is -0.507 e. The zero-order valence-electron chi connectivity index (χ0n) is 16.6. The Labute approximate surface area is 179 Å². The monoisotopic (exact) mass is 462 g/mol. The number of hydrogen-bond acceptors (Lipinski definition) is 5. The number of nitrogens with zero attached hydrogens (tertiary/aromatic N) is 1. The van der Waals surface area contributed by atoms with E-state index in [0.717, 1.165) is 48.4 Å². The molecule has 0 spiro atoms. The van der Waals surface area contributed by atoms with Gasteiger partial charge in [0, 0.05) is 36.8 Å². The van der Waals surface area contributed by atoms with Gasteiger partial charge in [0.25, 0.3) is 5.91 Å². The minimum absolute atomic E-state index is 0.0450. The predicted molar refractivity (Wildman–Crippen MR) is 115 cm³/mol. The van der Waals surface area contributed by atoms with E-state index in [1.54, 1.807) is 12.1 Å². The van der Waals surface area contributed by atoms with Gasteiger partial charge in [0.1, 0.15) is 18.1 Å². The molecule has 0 aliphatic carbocycles. The van der Waals surface area contributed by atoms with E-state index in [4.69, 9.17) is 9.47 Å². The van der Waals surface area contributed by atoms with Gasteiger partial charge in [-0.05, 0) is 55.8 Å². The molecule has 1 aliphatic heterocycles. The maximum Gasteiger partial charge on any atom is 0.255 e.